The maximum absolute atomic E-state index is 6.92. The first-order chi connectivity index (χ1) is 5.20. The molecule has 2 heteroatoms. The third kappa shape index (κ3) is 5.40. The van der Waals surface area contributed by atoms with E-state index in [0.29, 0.717) is 5.92 Å². The third-order valence-electron chi connectivity index (χ3n) is 1.28. The van der Waals surface area contributed by atoms with Crippen LogP contribution in [0.2, 0.25) is 0 Å². The zero-order valence-electron chi connectivity index (χ0n) is 7.17. The fourth-order valence-electron chi connectivity index (χ4n) is 0.628. The van der Waals surface area contributed by atoms with E-state index < -0.39 is 0 Å². The highest BCUT2D eigenvalue weighted by Crippen LogP contribution is 2.01. The van der Waals surface area contributed by atoms with Gasteiger partial charge in [0.1, 0.15) is 0 Å². The number of allylic oxidation sites excluding steroid dienone is 3. The van der Waals surface area contributed by atoms with Gasteiger partial charge in [0.2, 0.25) is 0 Å². The van der Waals surface area contributed by atoms with Crippen molar-refractivity contribution in [3.05, 3.63) is 23.9 Å². The summed E-state index contributed by atoms with van der Waals surface area (Å²) in [5, 5.41) is 6.92. The van der Waals surface area contributed by atoms with Crippen LogP contribution in [0.4, 0.5) is 0 Å². The van der Waals surface area contributed by atoms with Crippen molar-refractivity contribution in [1.82, 2.24) is 0 Å². The molecule has 3 N–H and O–H groups in total. The summed E-state index contributed by atoms with van der Waals surface area (Å²) in [5.74, 6) is 0.663. The largest absolute Gasteiger partial charge is 0.404 e. The van der Waals surface area contributed by atoms with Crippen LogP contribution in [0.5, 0.6) is 0 Å². The Labute approximate surface area is 68.3 Å². The van der Waals surface area contributed by atoms with Crippen molar-refractivity contribution in [2.24, 2.45) is 11.7 Å². The van der Waals surface area contributed by atoms with E-state index in [2.05, 4.69) is 13.8 Å². The second-order valence-corrected chi connectivity index (χ2v) is 2.84. The molecule has 0 aliphatic carbocycles. The molecule has 0 rings (SSSR count). The van der Waals surface area contributed by atoms with Crippen LogP contribution in [-0.2, 0) is 0 Å². The minimum Gasteiger partial charge on any atom is -0.404 e. The molecule has 0 unspecified atom stereocenters. The first kappa shape index (κ1) is 9.95. The van der Waals surface area contributed by atoms with Gasteiger partial charge in [0.15, 0.2) is 0 Å². The van der Waals surface area contributed by atoms with Gasteiger partial charge >= 0.3 is 0 Å². The van der Waals surface area contributed by atoms with Crippen molar-refractivity contribution in [2.75, 3.05) is 0 Å². The molecule has 0 fully saturated rings. The van der Waals surface area contributed by atoms with E-state index in [1.54, 1.807) is 0 Å². The van der Waals surface area contributed by atoms with E-state index in [1.807, 2.05) is 12.2 Å². The molecule has 11 heavy (non-hydrogen) atoms. The minimum atomic E-state index is 0.663. The van der Waals surface area contributed by atoms with Gasteiger partial charge in [-0.15, -0.1) is 0 Å². The van der Waals surface area contributed by atoms with Crippen LogP contribution >= 0.6 is 0 Å². The molecule has 0 spiro atoms. The van der Waals surface area contributed by atoms with Crippen LogP contribution in [0.15, 0.2) is 23.9 Å². The second-order valence-electron chi connectivity index (χ2n) is 2.84. The quantitative estimate of drug-likeness (QED) is 0.470. The highest BCUT2D eigenvalue weighted by Gasteiger charge is 1.87. The average Bonchev–Trinajstić information content (AvgIpc) is 1.98. The van der Waals surface area contributed by atoms with Crippen LogP contribution in [0, 0.1) is 11.3 Å². The Morgan fingerprint density at radius 2 is 2.18 bits per heavy atom. The predicted octanol–water partition coefficient (Wildman–Crippen LogP) is 2.08. The van der Waals surface area contributed by atoms with E-state index in [0.717, 1.165) is 12.0 Å². The molecule has 0 aliphatic heterocycles. The molecular formula is C9H16N2. The zero-order chi connectivity index (χ0) is 8.69. The predicted molar refractivity (Wildman–Crippen MR) is 49.6 cm³/mol. The molecule has 0 saturated carbocycles. The Balaban J connectivity index is 3.81. The van der Waals surface area contributed by atoms with Gasteiger partial charge in [-0.2, -0.15) is 0 Å². The maximum Gasteiger partial charge on any atom is 0.0264 e. The van der Waals surface area contributed by atoms with Crippen LogP contribution in [0.1, 0.15) is 20.3 Å². The first-order valence-corrected chi connectivity index (χ1v) is 3.79. The summed E-state index contributed by atoms with van der Waals surface area (Å²) in [4.78, 5) is 0. The summed E-state index contributed by atoms with van der Waals surface area (Å²) < 4.78 is 0. The van der Waals surface area contributed by atoms with Gasteiger partial charge in [0, 0.05) is 18.0 Å². The first-order valence-electron chi connectivity index (χ1n) is 3.79. The molecule has 0 atom stereocenters. The van der Waals surface area contributed by atoms with E-state index in [4.69, 9.17) is 11.1 Å². The molecule has 0 aromatic heterocycles. The summed E-state index contributed by atoms with van der Waals surface area (Å²) in [5.41, 5.74) is 5.99. The van der Waals surface area contributed by atoms with Crippen molar-refractivity contribution in [3.8, 4) is 0 Å². The van der Waals surface area contributed by atoms with Crippen molar-refractivity contribution in [2.45, 2.75) is 20.3 Å². The van der Waals surface area contributed by atoms with Crippen molar-refractivity contribution >= 4 is 6.21 Å². The lowest BCUT2D eigenvalue weighted by atomic mass is 10.1. The lowest BCUT2D eigenvalue weighted by molar-refractivity contribution is 0.664. The number of hydrogen-bond acceptors (Lipinski definition) is 2. The molecule has 2 nitrogen and oxygen atoms in total. The Morgan fingerprint density at radius 1 is 1.55 bits per heavy atom. The number of nitrogens with two attached hydrogens (primary N) is 1. The molecule has 0 aliphatic rings. The van der Waals surface area contributed by atoms with Crippen molar-refractivity contribution in [1.29, 1.82) is 5.41 Å². The van der Waals surface area contributed by atoms with E-state index in [9.17, 15) is 0 Å². The minimum absolute atomic E-state index is 0.663. The molecular weight excluding hydrogens is 136 g/mol. The molecule has 62 valence electrons. The summed E-state index contributed by atoms with van der Waals surface area (Å²) in [6, 6.07) is 0. The van der Waals surface area contributed by atoms with Crippen molar-refractivity contribution in [3.63, 3.8) is 0 Å². The molecule has 0 saturated heterocycles. The summed E-state index contributed by atoms with van der Waals surface area (Å²) >= 11 is 0. The highest BCUT2D eigenvalue weighted by atomic mass is 14.5. The summed E-state index contributed by atoms with van der Waals surface area (Å²) in [6.07, 6.45) is 7.62. The van der Waals surface area contributed by atoms with Gasteiger partial charge < -0.3 is 11.1 Å². The second kappa shape index (κ2) is 5.71. The summed E-state index contributed by atoms with van der Waals surface area (Å²) in [6.45, 7) is 4.31. The van der Waals surface area contributed by atoms with Gasteiger partial charge in [-0.3, -0.25) is 0 Å². The van der Waals surface area contributed by atoms with Gasteiger partial charge in [-0.25, -0.2) is 0 Å². The lowest BCUT2D eigenvalue weighted by Crippen LogP contribution is -1.87. The lowest BCUT2D eigenvalue weighted by Gasteiger charge is -1.96. The fraction of sp³-hybridized carbons (Fsp3) is 0.444. The van der Waals surface area contributed by atoms with E-state index in [-0.39, 0.29) is 0 Å². The SMILES string of the molecule is CC(C)C/C=C/C(C=N)=C/N. The number of hydrogen-bond donors (Lipinski definition) is 2. The third-order valence-corrected chi connectivity index (χ3v) is 1.28. The standard InChI is InChI=1S/C9H16N2/c1-8(2)4-3-5-9(6-10)7-11/h3,5-8,10H,4,11H2,1-2H3/b5-3+,9-7-,10-6?. The maximum atomic E-state index is 6.92. The molecule has 0 amide bonds. The van der Waals surface area contributed by atoms with Gasteiger partial charge in [0.05, 0.1) is 0 Å². The Hall–Kier alpha value is -1.05. The van der Waals surface area contributed by atoms with Gasteiger partial charge in [-0.1, -0.05) is 26.0 Å². The highest BCUT2D eigenvalue weighted by molar-refractivity contribution is 5.79. The van der Waals surface area contributed by atoms with Crippen LogP contribution in [-0.4, -0.2) is 6.21 Å². The number of rotatable bonds is 4. The Kier molecular flexibility index (Phi) is 5.17. The normalized spacial score (nSPS) is 12.8. The topological polar surface area (TPSA) is 49.9 Å². The Bertz CT molecular complexity index is 166. The molecule has 0 radical (unpaired) electrons. The van der Waals surface area contributed by atoms with E-state index in [1.165, 1.54) is 12.4 Å². The van der Waals surface area contributed by atoms with Crippen LogP contribution in [0.25, 0.3) is 0 Å². The molecule has 0 aromatic carbocycles. The van der Waals surface area contributed by atoms with Crippen LogP contribution < -0.4 is 5.73 Å². The fourth-order valence-corrected chi connectivity index (χ4v) is 0.628. The summed E-state index contributed by atoms with van der Waals surface area (Å²) in [7, 11) is 0. The molecule has 0 bridgehead atoms. The molecule has 0 heterocycles. The van der Waals surface area contributed by atoms with Crippen LogP contribution in [0.3, 0.4) is 0 Å². The van der Waals surface area contributed by atoms with Gasteiger partial charge in [-0.05, 0) is 12.3 Å². The number of nitrogens with one attached hydrogen (secondary N) is 1. The Morgan fingerprint density at radius 3 is 2.55 bits per heavy atom. The zero-order valence-corrected chi connectivity index (χ0v) is 7.17. The molecule has 0 aromatic rings. The van der Waals surface area contributed by atoms with E-state index >= 15 is 0 Å². The average molecular weight is 152 g/mol. The van der Waals surface area contributed by atoms with Gasteiger partial charge in [0.25, 0.3) is 0 Å². The van der Waals surface area contributed by atoms with Crippen molar-refractivity contribution < 1.29 is 0 Å². The smallest absolute Gasteiger partial charge is 0.0264 e. The monoisotopic (exact) mass is 152 g/mol.